The summed E-state index contributed by atoms with van der Waals surface area (Å²) in [5, 5.41) is 0. The third-order valence-electron chi connectivity index (χ3n) is 1.51. The van der Waals surface area contributed by atoms with Gasteiger partial charge in [0.1, 0.15) is 0 Å². The lowest BCUT2D eigenvalue weighted by molar-refractivity contribution is 0.794. The summed E-state index contributed by atoms with van der Waals surface area (Å²) in [4.78, 5) is 3.83. The van der Waals surface area contributed by atoms with Crippen molar-refractivity contribution in [2.75, 3.05) is 0 Å². The van der Waals surface area contributed by atoms with E-state index in [4.69, 9.17) is 0 Å². The van der Waals surface area contributed by atoms with E-state index >= 15 is 0 Å². The van der Waals surface area contributed by atoms with Gasteiger partial charge in [0.05, 0.1) is 6.20 Å². The third-order valence-corrected chi connectivity index (χ3v) is 1.51. The highest BCUT2D eigenvalue weighted by atomic mass is 14.6. The fourth-order valence-electron chi connectivity index (χ4n) is 0.881. The fraction of sp³-hybridized carbons (Fsp3) is 0.444. The Morgan fingerprint density at radius 3 is 3.10 bits per heavy atom. The quantitative estimate of drug-likeness (QED) is 0.617. The summed E-state index contributed by atoms with van der Waals surface area (Å²) in [7, 11) is 0. The van der Waals surface area contributed by atoms with Crippen LogP contribution in [0.1, 0.15) is 25.3 Å². The van der Waals surface area contributed by atoms with Crippen molar-refractivity contribution in [3.63, 3.8) is 0 Å². The van der Waals surface area contributed by atoms with E-state index in [1.165, 1.54) is 18.4 Å². The van der Waals surface area contributed by atoms with E-state index in [1.54, 1.807) is 6.20 Å². The molecule has 0 atom stereocenters. The molecular weight excluding hydrogens is 122 g/mol. The number of aryl methyl sites for hydroxylation is 1. The molecule has 1 aromatic rings. The molecule has 0 saturated heterocycles. The maximum Gasteiger partial charge on any atom is 0.0888 e. The molecule has 0 aliphatic carbocycles. The Bertz CT molecular complexity index is 169. The van der Waals surface area contributed by atoms with Crippen LogP contribution in [0.15, 0.2) is 18.3 Å². The lowest BCUT2D eigenvalue weighted by Gasteiger charge is -1.95. The minimum absolute atomic E-state index is 1.16. The summed E-state index contributed by atoms with van der Waals surface area (Å²) >= 11 is 0. The molecule has 10 heavy (non-hydrogen) atoms. The predicted molar refractivity (Wildman–Crippen MR) is 41.7 cm³/mol. The van der Waals surface area contributed by atoms with Crippen LogP contribution in [0.5, 0.6) is 0 Å². The zero-order chi connectivity index (χ0) is 7.23. The largest absolute Gasteiger partial charge is 0.255 e. The van der Waals surface area contributed by atoms with Crippen molar-refractivity contribution in [1.29, 1.82) is 0 Å². The highest BCUT2D eigenvalue weighted by molar-refractivity contribution is 5.08. The monoisotopic (exact) mass is 134 g/mol. The van der Waals surface area contributed by atoms with Crippen molar-refractivity contribution < 1.29 is 0 Å². The second kappa shape index (κ2) is 4.04. The van der Waals surface area contributed by atoms with Gasteiger partial charge in [-0.25, -0.2) is 0 Å². The van der Waals surface area contributed by atoms with Crippen LogP contribution in [0.4, 0.5) is 0 Å². The SMILES string of the molecule is CCCCc1c[c]ncc1. The van der Waals surface area contributed by atoms with Gasteiger partial charge < -0.3 is 0 Å². The van der Waals surface area contributed by atoms with E-state index < -0.39 is 0 Å². The van der Waals surface area contributed by atoms with Gasteiger partial charge in [0.2, 0.25) is 0 Å². The van der Waals surface area contributed by atoms with Crippen molar-refractivity contribution in [3.05, 3.63) is 30.1 Å². The summed E-state index contributed by atoms with van der Waals surface area (Å²) in [5.74, 6) is 0. The predicted octanol–water partition coefficient (Wildman–Crippen LogP) is 2.22. The molecule has 53 valence electrons. The summed E-state index contributed by atoms with van der Waals surface area (Å²) in [6.07, 6.45) is 8.29. The minimum atomic E-state index is 1.16. The fourth-order valence-corrected chi connectivity index (χ4v) is 0.881. The van der Waals surface area contributed by atoms with Gasteiger partial charge in [0, 0.05) is 6.20 Å². The maximum atomic E-state index is 3.83. The number of aromatic nitrogens is 1. The van der Waals surface area contributed by atoms with E-state index in [1.807, 2.05) is 12.1 Å². The lowest BCUT2D eigenvalue weighted by Crippen LogP contribution is -1.83. The molecular formula is C9H12N. The minimum Gasteiger partial charge on any atom is -0.255 e. The van der Waals surface area contributed by atoms with Crippen LogP contribution in [-0.2, 0) is 6.42 Å². The molecule has 1 radical (unpaired) electrons. The summed E-state index contributed by atoms with van der Waals surface area (Å²) < 4.78 is 0. The molecule has 0 unspecified atom stereocenters. The Labute approximate surface area is 62.1 Å². The Morgan fingerprint density at radius 1 is 1.60 bits per heavy atom. The van der Waals surface area contributed by atoms with E-state index in [0.717, 1.165) is 6.42 Å². The number of rotatable bonds is 3. The second-order valence-corrected chi connectivity index (χ2v) is 2.40. The van der Waals surface area contributed by atoms with Crippen LogP contribution in [0.2, 0.25) is 0 Å². The first kappa shape index (κ1) is 7.26. The van der Waals surface area contributed by atoms with E-state index in [-0.39, 0.29) is 0 Å². The first-order chi connectivity index (χ1) is 4.93. The Morgan fingerprint density at radius 2 is 2.50 bits per heavy atom. The van der Waals surface area contributed by atoms with Crippen molar-refractivity contribution >= 4 is 0 Å². The topological polar surface area (TPSA) is 12.9 Å². The number of hydrogen-bond acceptors (Lipinski definition) is 1. The number of unbranched alkanes of at least 4 members (excludes halogenated alkanes) is 1. The molecule has 1 rings (SSSR count). The first-order valence-corrected chi connectivity index (χ1v) is 3.74. The number of hydrogen-bond donors (Lipinski definition) is 0. The molecule has 0 aliphatic heterocycles. The molecule has 0 aromatic carbocycles. The molecule has 0 bridgehead atoms. The molecule has 0 amide bonds. The van der Waals surface area contributed by atoms with Crippen LogP contribution >= 0.6 is 0 Å². The van der Waals surface area contributed by atoms with Crippen LogP contribution in [0, 0.1) is 6.20 Å². The van der Waals surface area contributed by atoms with Gasteiger partial charge in [-0.1, -0.05) is 13.3 Å². The highest BCUT2D eigenvalue weighted by Gasteiger charge is 1.88. The Kier molecular flexibility index (Phi) is 2.94. The first-order valence-electron chi connectivity index (χ1n) is 3.74. The van der Waals surface area contributed by atoms with Gasteiger partial charge in [0.15, 0.2) is 0 Å². The zero-order valence-electron chi connectivity index (χ0n) is 6.30. The number of pyridine rings is 1. The van der Waals surface area contributed by atoms with Crippen molar-refractivity contribution in [2.45, 2.75) is 26.2 Å². The Hall–Kier alpha value is -0.850. The number of nitrogens with zero attached hydrogens (tertiary/aromatic N) is 1. The second-order valence-electron chi connectivity index (χ2n) is 2.40. The van der Waals surface area contributed by atoms with E-state index in [0.29, 0.717) is 0 Å². The Balaban J connectivity index is 2.43. The zero-order valence-corrected chi connectivity index (χ0v) is 6.30. The van der Waals surface area contributed by atoms with Crippen LogP contribution in [0.25, 0.3) is 0 Å². The van der Waals surface area contributed by atoms with Crippen LogP contribution in [-0.4, -0.2) is 4.98 Å². The van der Waals surface area contributed by atoms with Gasteiger partial charge >= 0.3 is 0 Å². The smallest absolute Gasteiger partial charge is 0.0888 e. The average molecular weight is 134 g/mol. The summed E-state index contributed by atoms with van der Waals surface area (Å²) in [6.45, 7) is 2.20. The van der Waals surface area contributed by atoms with Crippen molar-refractivity contribution in [2.24, 2.45) is 0 Å². The van der Waals surface area contributed by atoms with Gasteiger partial charge in [0.25, 0.3) is 0 Å². The molecule has 1 nitrogen and oxygen atoms in total. The third kappa shape index (κ3) is 2.18. The standard InChI is InChI=1S/C9H12N/c1-2-3-4-9-5-7-10-8-6-9/h5-7H,2-4H2,1H3. The van der Waals surface area contributed by atoms with Crippen LogP contribution in [0.3, 0.4) is 0 Å². The van der Waals surface area contributed by atoms with Gasteiger partial charge in [-0.2, -0.15) is 0 Å². The molecule has 0 fully saturated rings. The summed E-state index contributed by atoms with van der Waals surface area (Å²) in [5.41, 5.74) is 1.34. The lowest BCUT2D eigenvalue weighted by atomic mass is 10.1. The molecule has 0 saturated carbocycles. The van der Waals surface area contributed by atoms with E-state index in [9.17, 15) is 0 Å². The van der Waals surface area contributed by atoms with E-state index in [2.05, 4.69) is 18.1 Å². The average Bonchev–Trinajstić information content (AvgIpc) is 2.03. The molecule has 1 heteroatoms. The van der Waals surface area contributed by atoms with Crippen molar-refractivity contribution in [1.82, 2.24) is 4.98 Å². The molecule has 1 heterocycles. The molecule has 1 aromatic heterocycles. The molecule has 0 N–H and O–H groups in total. The van der Waals surface area contributed by atoms with Gasteiger partial charge in [-0.05, 0) is 30.5 Å². The van der Waals surface area contributed by atoms with Gasteiger partial charge in [-0.15, -0.1) is 0 Å². The normalized spacial score (nSPS) is 9.70. The molecule has 0 spiro atoms. The van der Waals surface area contributed by atoms with Gasteiger partial charge in [-0.3, -0.25) is 4.98 Å². The van der Waals surface area contributed by atoms with Crippen LogP contribution < -0.4 is 0 Å². The maximum absolute atomic E-state index is 3.83. The summed E-state index contributed by atoms with van der Waals surface area (Å²) in [6, 6.07) is 4.00. The highest BCUT2D eigenvalue weighted by Crippen LogP contribution is 2.01. The van der Waals surface area contributed by atoms with Crippen molar-refractivity contribution in [3.8, 4) is 0 Å². The molecule has 0 aliphatic rings.